The lowest BCUT2D eigenvalue weighted by Crippen LogP contribution is -2.35. The molecule has 0 saturated carbocycles. The molecule has 0 spiro atoms. The fourth-order valence-electron chi connectivity index (χ4n) is 1.83. The first-order chi connectivity index (χ1) is 8.17. The van der Waals surface area contributed by atoms with Gasteiger partial charge in [0.25, 0.3) is 0 Å². The van der Waals surface area contributed by atoms with Crippen molar-refractivity contribution in [2.75, 3.05) is 6.61 Å². The zero-order valence-corrected chi connectivity index (χ0v) is 10.5. The second kappa shape index (κ2) is 7.07. The van der Waals surface area contributed by atoms with Crippen molar-refractivity contribution >= 4 is 5.91 Å². The van der Waals surface area contributed by atoms with E-state index in [-0.39, 0.29) is 24.5 Å². The smallest absolute Gasteiger partial charge is 0.220 e. The average Bonchev–Trinajstić information content (AvgIpc) is 2.36. The molecule has 0 aliphatic carbocycles. The summed E-state index contributed by atoms with van der Waals surface area (Å²) in [6.07, 6.45) is 1.41. The number of aliphatic hydroxyl groups is 1. The molecule has 0 aliphatic heterocycles. The quantitative estimate of drug-likeness (QED) is 0.793. The maximum absolute atomic E-state index is 11.7. The molecule has 0 aliphatic rings. The van der Waals surface area contributed by atoms with Crippen LogP contribution in [0.4, 0.5) is 0 Å². The second-order valence-electron chi connectivity index (χ2n) is 4.37. The van der Waals surface area contributed by atoms with Crippen molar-refractivity contribution in [1.82, 2.24) is 5.32 Å². The second-order valence-corrected chi connectivity index (χ2v) is 4.37. The standard InChI is InChI=1S/C14H21NO2/c1-3-12(13-7-5-4-6-8-13)9-14(17)15-11(2)10-16/h4-8,11-12,16H,3,9-10H2,1-2H3,(H,15,17). The number of carbonyl (C=O) groups is 1. The molecule has 2 atom stereocenters. The molecule has 3 heteroatoms. The van der Waals surface area contributed by atoms with E-state index in [9.17, 15) is 4.79 Å². The van der Waals surface area contributed by atoms with E-state index in [4.69, 9.17) is 5.11 Å². The van der Waals surface area contributed by atoms with Crippen LogP contribution < -0.4 is 5.32 Å². The zero-order valence-electron chi connectivity index (χ0n) is 10.5. The lowest BCUT2D eigenvalue weighted by Gasteiger charge is -2.17. The van der Waals surface area contributed by atoms with Gasteiger partial charge in [-0.05, 0) is 24.8 Å². The number of carbonyl (C=O) groups excluding carboxylic acids is 1. The van der Waals surface area contributed by atoms with E-state index in [1.807, 2.05) is 18.2 Å². The lowest BCUT2D eigenvalue weighted by atomic mass is 9.93. The van der Waals surface area contributed by atoms with Gasteiger partial charge < -0.3 is 10.4 Å². The SMILES string of the molecule is CCC(CC(=O)NC(C)CO)c1ccccc1. The minimum Gasteiger partial charge on any atom is -0.394 e. The first kappa shape index (κ1) is 13.7. The van der Waals surface area contributed by atoms with Crippen molar-refractivity contribution in [3.63, 3.8) is 0 Å². The zero-order chi connectivity index (χ0) is 12.7. The summed E-state index contributed by atoms with van der Waals surface area (Å²) in [4.78, 5) is 11.7. The van der Waals surface area contributed by atoms with Gasteiger partial charge in [0.15, 0.2) is 0 Å². The summed E-state index contributed by atoms with van der Waals surface area (Å²) in [7, 11) is 0. The number of benzene rings is 1. The van der Waals surface area contributed by atoms with Crippen LogP contribution in [-0.2, 0) is 4.79 Å². The summed E-state index contributed by atoms with van der Waals surface area (Å²) in [5.74, 6) is 0.254. The van der Waals surface area contributed by atoms with Gasteiger partial charge in [0.2, 0.25) is 5.91 Å². The van der Waals surface area contributed by atoms with Crippen molar-refractivity contribution < 1.29 is 9.90 Å². The third-order valence-electron chi connectivity index (χ3n) is 2.88. The van der Waals surface area contributed by atoms with Crippen molar-refractivity contribution in [2.24, 2.45) is 0 Å². The Morgan fingerprint density at radius 2 is 2.00 bits per heavy atom. The van der Waals surface area contributed by atoms with Gasteiger partial charge in [0.05, 0.1) is 6.61 Å². The normalized spacial score (nSPS) is 14.1. The summed E-state index contributed by atoms with van der Waals surface area (Å²) >= 11 is 0. The highest BCUT2D eigenvalue weighted by molar-refractivity contribution is 5.77. The molecule has 0 radical (unpaired) electrons. The number of nitrogens with one attached hydrogen (secondary N) is 1. The molecule has 1 rings (SSSR count). The summed E-state index contributed by atoms with van der Waals surface area (Å²) < 4.78 is 0. The van der Waals surface area contributed by atoms with E-state index < -0.39 is 0 Å². The van der Waals surface area contributed by atoms with Gasteiger partial charge in [-0.15, -0.1) is 0 Å². The molecule has 0 aromatic heterocycles. The molecule has 3 nitrogen and oxygen atoms in total. The van der Waals surface area contributed by atoms with Gasteiger partial charge in [0.1, 0.15) is 0 Å². The Morgan fingerprint density at radius 1 is 1.35 bits per heavy atom. The summed E-state index contributed by atoms with van der Waals surface area (Å²) in [6.45, 7) is 3.86. The van der Waals surface area contributed by atoms with Gasteiger partial charge in [0, 0.05) is 12.5 Å². The minimum atomic E-state index is -0.171. The fourth-order valence-corrected chi connectivity index (χ4v) is 1.83. The summed E-state index contributed by atoms with van der Waals surface area (Å²) in [5.41, 5.74) is 1.20. The van der Waals surface area contributed by atoms with E-state index in [2.05, 4.69) is 24.4 Å². The molecule has 1 amide bonds. The van der Waals surface area contributed by atoms with Gasteiger partial charge in [-0.3, -0.25) is 4.79 Å². The Labute approximate surface area is 103 Å². The highest BCUT2D eigenvalue weighted by Gasteiger charge is 2.15. The third-order valence-corrected chi connectivity index (χ3v) is 2.88. The van der Waals surface area contributed by atoms with Crippen LogP contribution in [0.2, 0.25) is 0 Å². The minimum absolute atomic E-state index is 0.00209. The van der Waals surface area contributed by atoms with Crippen LogP contribution >= 0.6 is 0 Å². The monoisotopic (exact) mass is 235 g/mol. The molecule has 1 aromatic carbocycles. The molecular formula is C14H21NO2. The van der Waals surface area contributed by atoms with Crippen LogP contribution in [0.1, 0.15) is 38.2 Å². The van der Waals surface area contributed by atoms with Crippen LogP contribution in [0.3, 0.4) is 0 Å². The van der Waals surface area contributed by atoms with Crippen molar-refractivity contribution in [2.45, 2.75) is 38.6 Å². The Bertz CT molecular complexity index is 337. The number of amides is 1. The number of hydrogen-bond acceptors (Lipinski definition) is 2. The first-order valence-corrected chi connectivity index (χ1v) is 6.12. The molecule has 1 aromatic rings. The molecule has 0 fully saturated rings. The Morgan fingerprint density at radius 3 is 2.53 bits per heavy atom. The predicted octanol–water partition coefficient (Wildman–Crippen LogP) is 2.07. The van der Waals surface area contributed by atoms with E-state index in [0.717, 1.165) is 6.42 Å². The molecule has 2 N–H and O–H groups in total. The van der Waals surface area contributed by atoms with Crippen molar-refractivity contribution in [3.8, 4) is 0 Å². The van der Waals surface area contributed by atoms with E-state index in [0.29, 0.717) is 6.42 Å². The highest BCUT2D eigenvalue weighted by atomic mass is 16.3. The number of rotatable bonds is 6. The van der Waals surface area contributed by atoms with Gasteiger partial charge >= 0.3 is 0 Å². The highest BCUT2D eigenvalue weighted by Crippen LogP contribution is 2.22. The Hall–Kier alpha value is -1.35. The summed E-state index contributed by atoms with van der Waals surface area (Å²) in [5, 5.41) is 11.7. The fraction of sp³-hybridized carbons (Fsp3) is 0.500. The van der Waals surface area contributed by atoms with E-state index in [1.165, 1.54) is 5.56 Å². The molecule has 0 bridgehead atoms. The first-order valence-electron chi connectivity index (χ1n) is 6.12. The topological polar surface area (TPSA) is 49.3 Å². The van der Waals surface area contributed by atoms with Gasteiger partial charge in [-0.2, -0.15) is 0 Å². The maximum atomic E-state index is 11.7. The molecule has 17 heavy (non-hydrogen) atoms. The summed E-state index contributed by atoms with van der Waals surface area (Å²) in [6, 6.07) is 9.90. The Balaban J connectivity index is 2.56. The average molecular weight is 235 g/mol. The van der Waals surface area contributed by atoms with Crippen molar-refractivity contribution in [3.05, 3.63) is 35.9 Å². The van der Waals surface area contributed by atoms with E-state index in [1.54, 1.807) is 6.92 Å². The third kappa shape index (κ3) is 4.57. The van der Waals surface area contributed by atoms with Crippen LogP contribution in [0.25, 0.3) is 0 Å². The predicted molar refractivity (Wildman–Crippen MR) is 68.8 cm³/mol. The largest absolute Gasteiger partial charge is 0.394 e. The maximum Gasteiger partial charge on any atom is 0.220 e. The van der Waals surface area contributed by atoms with Crippen LogP contribution in [-0.4, -0.2) is 23.7 Å². The Kier molecular flexibility index (Phi) is 5.70. The molecular weight excluding hydrogens is 214 g/mol. The lowest BCUT2D eigenvalue weighted by molar-refractivity contribution is -0.122. The molecule has 0 heterocycles. The van der Waals surface area contributed by atoms with Crippen LogP contribution in [0.5, 0.6) is 0 Å². The van der Waals surface area contributed by atoms with Crippen LogP contribution in [0, 0.1) is 0 Å². The van der Waals surface area contributed by atoms with E-state index >= 15 is 0 Å². The molecule has 94 valence electrons. The molecule has 2 unspecified atom stereocenters. The van der Waals surface area contributed by atoms with Gasteiger partial charge in [-0.1, -0.05) is 37.3 Å². The number of hydrogen-bond donors (Lipinski definition) is 2. The number of aliphatic hydroxyl groups excluding tert-OH is 1. The van der Waals surface area contributed by atoms with Crippen molar-refractivity contribution in [1.29, 1.82) is 0 Å². The van der Waals surface area contributed by atoms with Gasteiger partial charge in [-0.25, -0.2) is 0 Å². The molecule has 0 saturated heterocycles. The van der Waals surface area contributed by atoms with Crippen LogP contribution in [0.15, 0.2) is 30.3 Å².